The summed E-state index contributed by atoms with van der Waals surface area (Å²) >= 11 is 1.62. The van der Waals surface area contributed by atoms with E-state index in [2.05, 4.69) is 4.98 Å². The van der Waals surface area contributed by atoms with E-state index in [1.807, 2.05) is 0 Å². The Morgan fingerprint density at radius 2 is 2.32 bits per heavy atom. The molecule has 0 radical (unpaired) electrons. The van der Waals surface area contributed by atoms with Crippen molar-refractivity contribution in [1.29, 1.82) is 0 Å². The third kappa shape index (κ3) is 3.44. The molecule has 7 heteroatoms. The molecular weight excluding hydrogens is 271 g/mol. The predicted molar refractivity (Wildman–Crippen MR) is 68.6 cm³/mol. The average molecular weight is 284 g/mol. The van der Waals surface area contributed by atoms with Crippen molar-refractivity contribution in [3.05, 3.63) is 29.8 Å². The van der Waals surface area contributed by atoms with Crippen LogP contribution in [-0.2, 0) is 4.79 Å². The largest absolute Gasteiger partial charge is 0.481 e. The van der Waals surface area contributed by atoms with Gasteiger partial charge < -0.3 is 10.0 Å². The number of aliphatic carboxylic acids is 1. The Balaban J connectivity index is 2.17. The number of aromatic nitrogens is 1. The number of carboxylic acid groups (broad SMARTS) is 1. The number of pyridine rings is 1. The lowest BCUT2D eigenvalue weighted by molar-refractivity contribution is -0.138. The van der Waals surface area contributed by atoms with Gasteiger partial charge >= 0.3 is 5.97 Å². The molecule has 1 N–H and O–H groups in total. The molecule has 19 heavy (non-hydrogen) atoms. The Bertz CT molecular complexity index is 498. The predicted octanol–water partition coefficient (Wildman–Crippen LogP) is 1.25. The first-order valence-electron chi connectivity index (χ1n) is 5.79. The van der Waals surface area contributed by atoms with Crippen LogP contribution in [0.1, 0.15) is 16.8 Å². The normalized spacial score (nSPS) is 19.2. The van der Waals surface area contributed by atoms with Gasteiger partial charge in [-0.1, -0.05) is 0 Å². The van der Waals surface area contributed by atoms with Gasteiger partial charge in [0.05, 0.1) is 24.2 Å². The van der Waals surface area contributed by atoms with E-state index in [1.165, 1.54) is 11.1 Å². The number of rotatable bonds is 3. The summed E-state index contributed by atoms with van der Waals surface area (Å²) in [6, 6.07) is 0.765. The number of hydrogen-bond acceptors (Lipinski definition) is 4. The average Bonchev–Trinajstić information content (AvgIpc) is 2.38. The summed E-state index contributed by atoms with van der Waals surface area (Å²) in [5.74, 6) is -0.543. The van der Waals surface area contributed by atoms with Crippen LogP contribution in [0.4, 0.5) is 4.39 Å². The number of hydrogen-bond donors (Lipinski definition) is 1. The highest BCUT2D eigenvalue weighted by Gasteiger charge is 2.29. The molecule has 5 nitrogen and oxygen atoms in total. The minimum Gasteiger partial charge on any atom is -0.481 e. The SMILES string of the molecule is O=C(O)CC1CSCCN1C(=O)c1cncc(F)c1. The molecule has 1 fully saturated rings. The second kappa shape index (κ2) is 6.01. The van der Waals surface area contributed by atoms with Crippen molar-refractivity contribution in [2.24, 2.45) is 0 Å². The van der Waals surface area contributed by atoms with Crippen LogP contribution >= 0.6 is 11.8 Å². The Morgan fingerprint density at radius 1 is 1.53 bits per heavy atom. The maximum Gasteiger partial charge on any atom is 0.305 e. The molecule has 0 spiro atoms. The summed E-state index contributed by atoms with van der Waals surface area (Å²) in [5, 5.41) is 8.86. The van der Waals surface area contributed by atoms with Gasteiger partial charge in [-0.2, -0.15) is 11.8 Å². The van der Waals surface area contributed by atoms with Gasteiger partial charge in [-0.05, 0) is 6.07 Å². The number of carbonyl (C=O) groups is 2. The summed E-state index contributed by atoms with van der Waals surface area (Å²) in [4.78, 5) is 28.2. The van der Waals surface area contributed by atoms with Crippen molar-refractivity contribution in [3.8, 4) is 0 Å². The third-order valence-electron chi connectivity index (χ3n) is 2.85. The third-order valence-corrected chi connectivity index (χ3v) is 3.94. The van der Waals surface area contributed by atoms with E-state index in [4.69, 9.17) is 5.11 Å². The number of carbonyl (C=O) groups excluding carboxylic acids is 1. The number of halogens is 1. The molecule has 1 aliphatic heterocycles. The van der Waals surface area contributed by atoms with Gasteiger partial charge in [-0.15, -0.1) is 0 Å². The maximum atomic E-state index is 13.1. The van der Waals surface area contributed by atoms with Crippen LogP contribution in [0, 0.1) is 5.82 Å². The van der Waals surface area contributed by atoms with Crippen LogP contribution in [-0.4, -0.2) is 51.0 Å². The molecule has 1 aromatic heterocycles. The highest BCUT2D eigenvalue weighted by Crippen LogP contribution is 2.21. The zero-order chi connectivity index (χ0) is 13.8. The minimum atomic E-state index is -0.942. The maximum absolute atomic E-state index is 13.1. The smallest absolute Gasteiger partial charge is 0.305 e. The van der Waals surface area contributed by atoms with Crippen LogP contribution in [0.15, 0.2) is 18.5 Å². The molecule has 0 saturated carbocycles. The molecule has 1 unspecified atom stereocenters. The molecular formula is C12H13FN2O3S. The van der Waals surface area contributed by atoms with Gasteiger partial charge in [0.25, 0.3) is 5.91 Å². The van der Waals surface area contributed by atoms with Crippen LogP contribution < -0.4 is 0 Å². The molecule has 0 aromatic carbocycles. The Kier molecular flexibility index (Phi) is 4.36. The molecule has 1 aromatic rings. The van der Waals surface area contributed by atoms with Crippen molar-refractivity contribution in [2.75, 3.05) is 18.1 Å². The molecule has 1 atom stereocenters. The highest BCUT2D eigenvalue weighted by molar-refractivity contribution is 7.99. The highest BCUT2D eigenvalue weighted by atomic mass is 32.2. The summed E-state index contributed by atoms with van der Waals surface area (Å²) in [7, 11) is 0. The lowest BCUT2D eigenvalue weighted by Crippen LogP contribution is -2.47. The van der Waals surface area contributed by atoms with Crippen molar-refractivity contribution in [2.45, 2.75) is 12.5 Å². The van der Waals surface area contributed by atoms with Crippen molar-refractivity contribution < 1.29 is 19.1 Å². The van der Waals surface area contributed by atoms with E-state index >= 15 is 0 Å². The van der Waals surface area contributed by atoms with Crippen LogP contribution in [0.5, 0.6) is 0 Å². The van der Waals surface area contributed by atoms with Gasteiger partial charge in [0, 0.05) is 24.2 Å². The van der Waals surface area contributed by atoms with Crippen molar-refractivity contribution in [3.63, 3.8) is 0 Å². The number of amides is 1. The fraction of sp³-hybridized carbons (Fsp3) is 0.417. The Hall–Kier alpha value is -1.63. The number of thioether (sulfide) groups is 1. The topological polar surface area (TPSA) is 70.5 Å². The second-order valence-corrected chi connectivity index (χ2v) is 5.37. The summed E-state index contributed by atoms with van der Waals surface area (Å²) in [6.45, 7) is 0.470. The molecule has 1 amide bonds. The van der Waals surface area contributed by atoms with Crippen LogP contribution in [0.2, 0.25) is 0 Å². The first kappa shape index (κ1) is 13.8. The van der Waals surface area contributed by atoms with E-state index in [-0.39, 0.29) is 23.9 Å². The van der Waals surface area contributed by atoms with Crippen molar-refractivity contribution >= 4 is 23.6 Å². The Morgan fingerprint density at radius 3 is 3.00 bits per heavy atom. The first-order chi connectivity index (χ1) is 9.08. The van der Waals surface area contributed by atoms with Gasteiger partial charge in [-0.3, -0.25) is 14.6 Å². The zero-order valence-electron chi connectivity index (χ0n) is 10.1. The van der Waals surface area contributed by atoms with E-state index in [0.29, 0.717) is 12.3 Å². The summed E-state index contributed by atoms with van der Waals surface area (Å²) in [5.41, 5.74) is 0.155. The molecule has 2 rings (SSSR count). The second-order valence-electron chi connectivity index (χ2n) is 4.22. The van der Waals surface area contributed by atoms with Crippen molar-refractivity contribution in [1.82, 2.24) is 9.88 Å². The monoisotopic (exact) mass is 284 g/mol. The first-order valence-corrected chi connectivity index (χ1v) is 6.94. The van der Waals surface area contributed by atoms with Gasteiger partial charge in [-0.25, -0.2) is 4.39 Å². The fourth-order valence-electron chi connectivity index (χ4n) is 1.99. The molecule has 0 aliphatic carbocycles. The summed E-state index contributed by atoms with van der Waals surface area (Å²) < 4.78 is 13.1. The van der Waals surface area contributed by atoms with E-state index in [0.717, 1.165) is 18.0 Å². The van der Waals surface area contributed by atoms with E-state index < -0.39 is 11.8 Å². The lowest BCUT2D eigenvalue weighted by atomic mass is 10.1. The van der Waals surface area contributed by atoms with E-state index in [9.17, 15) is 14.0 Å². The zero-order valence-corrected chi connectivity index (χ0v) is 10.9. The number of nitrogens with zero attached hydrogens (tertiary/aromatic N) is 2. The van der Waals surface area contributed by atoms with Gasteiger partial charge in [0.1, 0.15) is 5.82 Å². The van der Waals surface area contributed by atoms with Gasteiger partial charge in [0.15, 0.2) is 0 Å². The molecule has 102 valence electrons. The minimum absolute atomic E-state index is 0.0957. The molecule has 0 bridgehead atoms. The quantitative estimate of drug-likeness (QED) is 0.904. The summed E-state index contributed by atoms with van der Waals surface area (Å²) in [6.07, 6.45) is 2.23. The Labute approximate surface area is 113 Å². The fourth-order valence-corrected chi connectivity index (χ4v) is 3.05. The van der Waals surface area contributed by atoms with Gasteiger partial charge in [0.2, 0.25) is 0 Å². The molecule has 1 aliphatic rings. The lowest BCUT2D eigenvalue weighted by Gasteiger charge is -2.34. The van der Waals surface area contributed by atoms with Crippen LogP contribution in [0.25, 0.3) is 0 Å². The van der Waals surface area contributed by atoms with E-state index in [1.54, 1.807) is 11.8 Å². The number of carboxylic acids is 1. The standard InChI is InChI=1S/C12H13FN2O3S/c13-9-3-8(5-14-6-9)12(18)15-1-2-19-7-10(15)4-11(16)17/h3,5-6,10H,1-2,4,7H2,(H,16,17). The molecule has 1 saturated heterocycles. The molecule has 2 heterocycles. The van der Waals surface area contributed by atoms with Crippen LogP contribution in [0.3, 0.4) is 0 Å².